The largest absolute Gasteiger partial charge is 0.478 e. The van der Waals surface area contributed by atoms with Crippen LogP contribution in [0, 0.1) is 20.2 Å². The van der Waals surface area contributed by atoms with Crippen molar-refractivity contribution in [3.8, 4) is 0 Å². The standard InChI is InChI=1S/C13H16N4O7/c18-6-5-14-1-3-15(4-2-14)12-10(16(21)22)7-9(13(19)20)8-11(12)17(23)24/h7-8,18H,1-6H2,(H,19,20). The number of hydrogen-bond donors (Lipinski definition) is 2. The lowest BCUT2D eigenvalue weighted by molar-refractivity contribution is -0.392. The van der Waals surface area contributed by atoms with Crippen LogP contribution in [0.5, 0.6) is 0 Å². The van der Waals surface area contributed by atoms with Crippen molar-refractivity contribution in [1.29, 1.82) is 0 Å². The van der Waals surface area contributed by atoms with Crippen LogP contribution in [0.4, 0.5) is 17.1 Å². The summed E-state index contributed by atoms with van der Waals surface area (Å²) in [4.78, 5) is 35.5. The van der Waals surface area contributed by atoms with Crippen LogP contribution in [-0.4, -0.2) is 70.3 Å². The maximum absolute atomic E-state index is 11.3. The fraction of sp³-hybridized carbons (Fsp3) is 0.462. The fourth-order valence-corrected chi connectivity index (χ4v) is 2.67. The number of nitro benzene ring substituents is 2. The lowest BCUT2D eigenvalue weighted by Gasteiger charge is -2.35. The average Bonchev–Trinajstić information content (AvgIpc) is 2.54. The number of anilines is 1. The van der Waals surface area contributed by atoms with Crippen LogP contribution in [0.3, 0.4) is 0 Å². The maximum Gasteiger partial charge on any atom is 0.336 e. The Hall–Kier alpha value is -2.79. The molecule has 0 aromatic heterocycles. The number of carboxylic acid groups (broad SMARTS) is 1. The van der Waals surface area contributed by atoms with Gasteiger partial charge in [0.25, 0.3) is 0 Å². The van der Waals surface area contributed by atoms with E-state index >= 15 is 0 Å². The Bertz CT molecular complexity index is 635. The van der Waals surface area contributed by atoms with Crippen LogP contribution in [0.25, 0.3) is 0 Å². The number of aliphatic hydroxyl groups excluding tert-OH is 1. The van der Waals surface area contributed by atoms with Crippen molar-refractivity contribution in [2.24, 2.45) is 0 Å². The zero-order valence-electron chi connectivity index (χ0n) is 12.6. The molecule has 1 aliphatic heterocycles. The molecule has 1 fully saturated rings. The molecule has 1 aliphatic rings. The zero-order chi connectivity index (χ0) is 17.9. The smallest absolute Gasteiger partial charge is 0.336 e. The number of nitro groups is 2. The van der Waals surface area contributed by atoms with Crippen molar-refractivity contribution in [1.82, 2.24) is 4.90 Å². The highest BCUT2D eigenvalue weighted by atomic mass is 16.6. The average molecular weight is 340 g/mol. The molecule has 1 saturated heterocycles. The molecule has 1 heterocycles. The van der Waals surface area contributed by atoms with Gasteiger partial charge in [-0.1, -0.05) is 0 Å². The first-order chi connectivity index (χ1) is 11.3. The van der Waals surface area contributed by atoms with Gasteiger partial charge in [-0.25, -0.2) is 4.79 Å². The van der Waals surface area contributed by atoms with E-state index in [4.69, 9.17) is 10.2 Å². The van der Waals surface area contributed by atoms with Crippen molar-refractivity contribution < 1.29 is 24.9 Å². The van der Waals surface area contributed by atoms with Crippen LogP contribution in [-0.2, 0) is 0 Å². The Morgan fingerprint density at radius 3 is 1.96 bits per heavy atom. The quantitative estimate of drug-likeness (QED) is 0.551. The molecule has 2 rings (SSSR count). The summed E-state index contributed by atoms with van der Waals surface area (Å²) in [5.74, 6) is -1.47. The van der Waals surface area contributed by atoms with Crippen LogP contribution >= 0.6 is 0 Å². The van der Waals surface area contributed by atoms with Crippen LogP contribution in [0.1, 0.15) is 10.4 Å². The number of aliphatic hydroxyl groups is 1. The van der Waals surface area contributed by atoms with Crippen LogP contribution in [0.2, 0.25) is 0 Å². The topological polar surface area (TPSA) is 150 Å². The summed E-state index contributed by atoms with van der Waals surface area (Å²) in [6, 6.07) is 1.68. The number of aromatic carboxylic acids is 1. The second-order valence-electron chi connectivity index (χ2n) is 5.23. The Balaban J connectivity index is 2.46. The highest BCUT2D eigenvalue weighted by molar-refractivity contribution is 5.92. The van der Waals surface area contributed by atoms with Crippen molar-refractivity contribution in [2.75, 3.05) is 44.2 Å². The summed E-state index contributed by atoms with van der Waals surface area (Å²) in [5.41, 5.74) is -1.89. The number of carboxylic acids is 1. The normalized spacial score (nSPS) is 15.3. The number of β-amino-alcohol motifs (C(OH)–C–C–N with tert-alkyl or cyclic N) is 1. The van der Waals surface area contributed by atoms with Gasteiger partial charge in [-0.2, -0.15) is 0 Å². The molecule has 0 unspecified atom stereocenters. The molecule has 0 spiro atoms. The molecule has 24 heavy (non-hydrogen) atoms. The van der Waals surface area contributed by atoms with E-state index in [9.17, 15) is 25.0 Å². The minimum absolute atomic E-state index is 0.0202. The molecule has 1 aromatic carbocycles. The molecular formula is C13H16N4O7. The summed E-state index contributed by atoms with van der Waals surface area (Å²) in [7, 11) is 0. The molecule has 0 radical (unpaired) electrons. The lowest BCUT2D eigenvalue weighted by atomic mass is 10.1. The van der Waals surface area contributed by atoms with Crippen molar-refractivity contribution in [2.45, 2.75) is 0 Å². The van der Waals surface area contributed by atoms with Gasteiger partial charge in [-0.05, 0) is 0 Å². The van der Waals surface area contributed by atoms with Crippen LogP contribution < -0.4 is 4.90 Å². The van der Waals surface area contributed by atoms with E-state index in [0.29, 0.717) is 32.7 Å². The molecule has 11 nitrogen and oxygen atoms in total. The van der Waals surface area contributed by atoms with Gasteiger partial charge in [0.1, 0.15) is 0 Å². The second kappa shape index (κ2) is 7.19. The van der Waals surface area contributed by atoms with Crippen molar-refractivity contribution >= 4 is 23.0 Å². The molecule has 130 valence electrons. The number of benzene rings is 1. The van der Waals surface area contributed by atoms with E-state index in [1.165, 1.54) is 4.90 Å². The lowest BCUT2D eigenvalue weighted by Crippen LogP contribution is -2.47. The van der Waals surface area contributed by atoms with Gasteiger partial charge in [0, 0.05) is 44.9 Å². The third-order valence-electron chi connectivity index (χ3n) is 3.81. The van der Waals surface area contributed by atoms with Crippen molar-refractivity contribution in [3.63, 3.8) is 0 Å². The molecule has 0 bridgehead atoms. The van der Waals surface area contributed by atoms with E-state index in [0.717, 1.165) is 12.1 Å². The maximum atomic E-state index is 11.3. The van der Waals surface area contributed by atoms with Gasteiger partial charge < -0.3 is 15.1 Å². The van der Waals surface area contributed by atoms with Gasteiger partial charge in [0.2, 0.25) is 0 Å². The summed E-state index contributed by atoms with van der Waals surface area (Å²) in [5, 5.41) is 40.5. The third kappa shape index (κ3) is 3.58. The SMILES string of the molecule is O=C(O)c1cc([N+](=O)[O-])c(N2CCN(CCO)CC2)c([N+](=O)[O-])c1. The van der Waals surface area contributed by atoms with Gasteiger partial charge >= 0.3 is 17.3 Å². The van der Waals surface area contributed by atoms with Gasteiger partial charge in [-0.15, -0.1) is 0 Å². The molecule has 0 amide bonds. The number of rotatable bonds is 6. The summed E-state index contributed by atoms with van der Waals surface area (Å²) in [6.07, 6.45) is 0. The highest BCUT2D eigenvalue weighted by Gasteiger charge is 2.33. The molecule has 2 N–H and O–H groups in total. The van der Waals surface area contributed by atoms with Crippen molar-refractivity contribution in [3.05, 3.63) is 37.9 Å². The van der Waals surface area contributed by atoms with E-state index in [1.807, 2.05) is 4.90 Å². The summed E-state index contributed by atoms with van der Waals surface area (Å²) < 4.78 is 0. The van der Waals surface area contributed by atoms with E-state index in [1.54, 1.807) is 0 Å². The molecular weight excluding hydrogens is 324 g/mol. The minimum Gasteiger partial charge on any atom is -0.478 e. The monoisotopic (exact) mass is 340 g/mol. The fourth-order valence-electron chi connectivity index (χ4n) is 2.67. The number of carbonyl (C=O) groups is 1. The predicted molar refractivity (Wildman–Crippen MR) is 82.4 cm³/mol. The zero-order valence-corrected chi connectivity index (χ0v) is 12.6. The third-order valence-corrected chi connectivity index (χ3v) is 3.81. The number of hydrogen-bond acceptors (Lipinski definition) is 8. The predicted octanol–water partition coefficient (Wildman–Crippen LogP) is 0.316. The first-order valence-corrected chi connectivity index (χ1v) is 7.13. The Morgan fingerprint density at radius 1 is 1.08 bits per heavy atom. The molecule has 11 heteroatoms. The Labute approximate surface area is 136 Å². The molecule has 0 aliphatic carbocycles. The van der Waals surface area contributed by atoms with E-state index in [-0.39, 0.29) is 12.3 Å². The summed E-state index contributed by atoms with van der Waals surface area (Å²) >= 11 is 0. The number of piperazine rings is 1. The molecule has 1 aromatic rings. The van der Waals surface area contributed by atoms with Gasteiger partial charge in [-0.3, -0.25) is 25.1 Å². The molecule has 0 atom stereocenters. The first-order valence-electron chi connectivity index (χ1n) is 7.13. The van der Waals surface area contributed by atoms with E-state index in [2.05, 4.69) is 0 Å². The van der Waals surface area contributed by atoms with Gasteiger partial charge in [0.05, 0.1) is 22.0 Å². The second-order valence-corrected chi connectivity index (χ2v) is 5.23. The molecule has 0 saturated carbocycles. The minimum atomic E-state index is -1.47. The van der Waals surface area contributed by atoms with Gasteiger partial charge in [0.15, 0.2) is 5.69 Å². The number of nitrogens with zero attached hydrogens (tertiary/aromatic N) is 4. The Morgan fingerprint density at radius 2 is 1.58 bits per heavy atom. The summed E-state index contributed by atoms with van der Waals surface area (Å²) in [6.45, 7) is 2.00. The van der Waals surface area contributed by atoms with Crippen LogP contribution in [0.15, 0.2) is 12.1 Å². The Kier molecular flexibility index (Phi) is 5.26. The first kappa shape index (κ1) is 17.6. The highest BCUT2D eigenvalue weighted by Crippen LogP contribution is 2.39. The van der Waals surface area contributed by atoms with E-state index < -0.39 is 32.8 Å².